The maximum atomic E-state index is 9.36. The summed E-state index contributed by atoms with van der Waals surface area (Å²) in [6.45, 7) is 0. The van der Waals surface area contributed by atoms with Crippen molar-refractivity contribution in [3.05, 3.63) is 0 Å². The topological polar surface area (TPSA) is 516 Å². The van der Waals surface area contributed by atoms with Crippen molar-refractivity contribution in [2.75, 3.05) is 0 Å². The Balaban J connectivity index is -0.0000000523. The third kappa shape index (κ3) is 5990. The van der Waals surface area contributed by atoms with Crippen molar-refractivity contribution >= 4 is 11.4 Å². The van der Waals surface area contributed by atoms with Gasteiger partial charge in [-0.05, 0) is 0 Å². The standard InChI is InChI=1S/5Mo.2HO3P.20O.2W/c;;;;;2*1-4(2)3;;;;;;;;;;;;;;;;;;;;;;/h;;;;;2*(H-,1,2,3);;;;;;;;;;;;;;;;;;;;;;/q;;;;;;;;;;;;;;;;;10*-1;2*+4/p+2. The Hall–Kier alpha value is 2.72. The van der Waals surface area contributed by atoms with E-state index in [1.54, 1.807) is 0 Å². The van der Waals surface area contributed by atoms with Gasteiger partial charge in [0.05, 0.1) is 0 Å². The van der Waals surface area contributed by atoms with Crippen LogP contribution in [0.15, 0.2) is 0 Å². The Morgan fingerprint density at radius 3 is 0.371 bits per heavy atom. The number of hydrogen-bond acceptors (Lipinski definition) is 22. The van der Waals surface area contributed by atoms with Crippen LogP contribution >= 0.6 is 11.4 Å². The van der Waals surface area contributed by atoms with Gasteiger partial charge in [-0.3, -0.25) is 0 Å². The molecule has 0 rings (SSSR count). The van der Waals surface area contributed by atoms with Crippen LogP contribution in [0.2, 0.25) is 0 Å². The summed E-state index contributed by atoms with van der Waals surface area (Å²) < 4.78 is 191. The van der Waals surface area contributed by atoms with E-state index >= 15 is 0 Å². The molecule has 0 spiro atoms. The van der Waals surface area contributed by atoms with Crippen LogP contribution in [0.1, 0.15) is 0 Å². The van der Waals surface area contributed by atoms with Gasteiger partial charge >= 0.3 is 234 Å². The van der Waals surface area contributed by atoms with Gasteiger partial charge in [-0.15, -0.1) is 0 Å². The second-order valence-corrected chi connectivity index (χ2v) is 25.3. The van der Waals surface area contributed by atoms with Crippen LogP contribution in [0.5, 0.6) is 0 Å². The summed E-state index contributed by atoms with van der Waals surface area (Å²) in [6.07, 6.45) is 0. The summed E-state index contributed by atoms with van der Waals surface area (Å²) in [6, 6.07) is 0. The maximum absolute atomic E-state index is 9.36. The molecule has 0 unspecified atom stereocenters. The molecule has 4 N–H and O–H groups in total. The van der Waals surface area contributed by atoms with Crippen LogP contribution < -0.4 is 37.6 Å². The van der Waals surface area contributed by atoms with Gasteiger partial charge in [0.25, 0.3) is 0 Å². The van der Waals surface area contributed by atoms with E-state index in [-0.39, 0.29) is 0 Å². The normalized spacial score (nSPS) is 11.7. The fourth-order valence-electron chi connectivity index (χ4n) is 0. The summed E-state index contributed by atoms with van der Waals surface area (Å²) >= 11 is -29.4. The van der Waals surface area contributed by atoms with Crippen LogP contribution in [0.3, 0.4) is 0 Å². The van der Waals surface area contributed by atoms with Gasteiger partial charge < -0.3 is 0 Å². The second kappa shape index (κ2) is 23.4. The molecule has 35 heavy (non-hydrogen) atoms. The fourth-order valence-corrected chi connectivity index (χ4v) is 0. The Morgan fingerprint density at radius 1 is 0.371 bits per heavy atom. The molecular weight excluding hydrogens is 1330 g/mol. The van der Waals surface area contributed by atoms with E-state index in [1.165, 1.54) is 0 Å². The number of rotatable bonds is 0. The van der Waals surface area contributed by atoms with E-state index in [2.05, 4.69) is 0 Å². The van der Waals surface area contributed by atoms with Crippen molar-refractivity contribution in [1.29, 1.82) is 0 Å². The van der Waals surface area contributed by atoms with Crippen molar-refractivity contribution in [3.63, 3.8) is 0 Å². The molecule has 35 heteroatoms. The van der Waals surface area contributed by atoms with Gasteiger partial charge in [0.1, 0.15) is 0 Å². The van der Waals surface area contributed by atoms with Gasteiger partial charge in [-0.2, -0.15) is 0 Å². The van der Waals surface area contributed by atoms with Crippen LogP contribution in [0.4, 0.5) is 0 Å². The molecule has 26 nitrogen and oxygen atoms in total. The molecule has 0 saturated carbocycles. The van der Waals surface area contributed by atoms with E-state index in [0.717, 1.165) is 0 Å². The van der Waals surface area contributed by atoms with Gasteiger partial charge in [-0.1, -0.05) is 0 Å². The zero-order valence-corrected chi connectivity index (χ0v) is 32.2. The summed E-state index contributed by atoms with van der Waals surface area (Å²) in [5.41, 5.74) is -7.11. The van der Waals surface area contributed by atoms with Gasteiger partial charge in [0, 0.05) is 0 Å². The van der Waals surface area contributed by atoms with E-state index in [9.17, 15) is 9.13 Å². The van der Waals surface area contributed by atoms with Gasteiger partial charge in [0.15, 0.2) is 0 Å². The molecule has 0 saturated heterocycles. The zero-order chi connectivity index (χ0) is 31.5. The SMILES string of the molecule is O=[P](O)(O)[W+5].O=[P](O)(O)[W+5].[O]=[Mo](=[O])([O-])[O-].[O]=[Mo](=[O])([O-])[O-].[O]=[Mo](=[O])([O-])[O-].[O]=[Mo](=[O])([O-])[O-].[O]=[Mo](=[O])([O-])[O-]. The molecule has 0 aliphatic carbocycles. The van der Waals surface area contributed by atoms with Crippen molar-refractivity contribution in [2.45, 2.75) is 0 Å². The first-order chi connectivity index (χ1) is 14.0. The molecule has 0 aliphatic heterocycles. The molecule has 212 valence electrons. The molecule has 0 fully saturated rings. The summed E-state index contributed by atoms with van der Waals surface area (Å²) in [5, 5.41) is 0. The van der Waals surface area contributed by atoms with Crippen molar-refractivity contribution in [2.24, 2.45) is 0 Å². The van der Waals surface area contributed by atoms with Gasteiger partial charge in [-0.25, -0.2) is 0 Å². The fraction of sp³-hybridized carbons (Fsp3) is 0. The Labute approximate surface area is 230 Å². The van der Waals surface area contributed by atoms with E-state index < -0.39 is 95.1 Å². The molecule has 0 aliphatic rings. The van der Waals surface area contributed by atoms with Crippen LogP contribution in [-0.2, 0) is 165 Å². The minimum atomic E-state index is -6.02. The van der Waals surface area contributed by atoms with E-state index in [0.29, 0.717) is 38.6 Å². The molecule has 0 heterocycles. The quantitative estimate of drug-likeness (QED) is 0.129. The molecule has 0 bridgehead atoms. The van der Waals surface area contributed by atoms with Crippen molar-refractivity contribution < 1.29 is 223 Å². The van der Waals surface area contributed by atoms with E-state index in [4.69, 9.17) is 91.1 Å². The first kappa shape index (κ1) is 53.9. The minimum absolute atomic E-state index is 0.326. The Bertz CT molecular complexity index is 885. The molecular formula is H4Mo5O26P2W2. The van der Waals surface area contributed by atoms with Crippen LogP contribution in [-0.4, -0.2) is 19.6 Å². The summed E-state index contributed by atoms with van der Waals surface area (Å²) in [4.78, 5) is 30.7. The Morgan fingerprint density at radius 2 is 0.371 bits per heavy atom. The third-order valence-corrected chi connectivity index (χ3v) is 0. The first-order valence-electron chi connectivity index (χ1n) is 4.86. The van der Waals surface area contributed by atoms with Crippen LogP contribution in [0.25, 0.3) is 0 Å². The number of hydrogen-bond donors (Lipinski definition) is 4. The summed E-state index contributed by atoms with van der Waals surface area (Å²) in [5.74, 6) is 0. The molecule has 0 aromatic heterocycles. The molecule has 0 radical (unpaired) electrons. The first-order valence-corrected chi connectivity index (χ1v) is 32.2. The zero-order valence-electron chi connectivity index (χ0n) is 14.5. The van der Waals surface area contributed by atoms with Gasteiger partial charge in [0.2, 0.25) is 0 Å². The monoisotopic (exact) mass is 1340 g/mol. The summed E-state index contributed by atoms with van der Waals surface area (Å²) in [7, 11) is 0. The van der Waals surface area contributed by atoms with Crippen molar-refractivity contribution in [3.8, 4) is 0 Å². The average Bonchev–Trinajstić information content (AvgIpc) is 2.06. The average molecular weight is 1330 g/mol. The third-order valence-electron chi connectivity index (χ3n) is 0. The predicted octanol–water partition coefficient (Wildman–Crippen LogP) is -13.8. The Kier molecular flexibility index (Phi) is 36.1. The molecule has 0 amide bonds. The predicted molar refractivity (Wildman–Crippen MR) is 31.0 cm³/mol. The molecule has 0 aromatic carbocycles. The van der Waals surface area contributed by atoms with E-state index in [1.807, 2.05) is 0 Å². The molecule has 0 aromatic rings. The van der Waals surface area contributed by atoms with Crippen LogP contribution in [0, 0.1) is 0 Å². The second-order valence-electron chi connectivity index (χ2n) is 3.02. The van der Waals surface area contributed by atoms with Crippen molar-refractivity contribution in [1.82, 2.24) is 0 Å². The molecule has 0 atom stereocenters.